The molecule has 0 fully saturated rings. The number of methoxy groups -OCH3 is 1. The van der Waals surface area contributed by atoms with Crippen LogP contribution in [-0.4, -0.2) is 18.9 Å². The number of ketones is 1. The molecular formula is C32H46O3. The van der Waals surface area contributed by atoms with Crippen molar-refractivity contribution in [3.63, 3.8) is 0 Å². The van der Waals surface area contributed by atoms with Crippen molar-refractivity contribution in [2.24, 2.45) is 5.92 Å². The van der Waals surface area contributed by atoms with Gasteiger partial charge in [-0.15, -0.1) is 0 Å². The van der Waals surface area contributed by atoms with Crippen molar-refractivity contribution in [3.05, 3.63) is 71.8 Å². The van der Waals surface area contributed by atoms with E-state index in [9.17, 15) is 9.59 Å². The van der Waals surface area contributed by atoms with Gasteiger partial charge in [0.05, 0.1) is 7.11 Å². The lowest BCUT2D eigenvalue weighted by atomic mass is 9.92. The fourth-order valence-electron chi connectivity index (χ4n) is 4.75. The zero-order valence-electron chi connectivity index (χ0n) is 21.9. The molecule has 0 saturated heterocycles. The van der Waals surface area contributed by atoms with E-state index in [-0.39, 0.29) is 5.78 Å². The third-order valence-corrected chi connectivity index (χ3v) is 6.91. The molecule has 0 aliphatic rings. The van der Waals surface area contributed by atoms with Gasteiger partial charge in [-0.2, -0.15) is 0 Å². The highest BCUT2D eigenvalue weighted by atomic mass is 16.5. The van der Waals surface area contributed by atoms with Gasteiger partial charge in [-0.05, 0) is 24.8 Å². The smallest absolute Gasteiger partial charge is 0.316 e. The van der Waals surface area contributed by atoms with E-state index in [1.807, 2.05) is 18.2 Å². The van der Waals surface area contributed by atoms with Crippen molar-refractivity contribution in [1.29, 1.82) is 0 Å². The van der Waals surface area contributed by atoms with Crippen LogP contribution in [0.1, 0.15) is 112 Å². The molecule has 0 aliphatic heterocycles. The van der Waals surface area contributed by atoms with Gasteiger partial charge in [-0.1, -0.05) is 144 Å². The van der Waals surface area contributed by atoms with Gasteiger partial charge in [0.1, 0.15) is 5.92 Å². The number of Topliss-reactive ketones (excluding diaryl/α,β-unsaturated/α-hetero) is 1. The highest BCUT2D eigenvalue weighted by Crippen LogP contribution is 2.19. The van der Waals surface area contributed by atoms with Crippen LogP contribution in [0.15, 0.2) is 60.7 Å². The fourth-order valence-corrected chi connectivity index (χ4v) is 4.75. The highest BCUT2D eigenvalue weighted by Gasteiger charge is 2.27. The zero-order valence-corrected chi connectivity index (χ0v) is 21.9. The van der Waals surface area contributed by atoms with Crippen LogP contribution in [0.4, 0.5) is 0 Å². The number of benzene rings is 2. The van der Waals surface area contributed by atoms with Crippen LogP contribution in [0.3, 0.4) is 0 Å². The van der Waals surface area contributed by atoms with E-state index in [2.05, 4.69) is 30.3 Å². The Balaban J connectivity index is 1.39. The minimum absolute atomic E-state index is 0.121. The third kappa shape index (κ3) is 12.7. The van der Waals surface area contributed by atoms with E-state index in [1.54, 1.807) is 12.1 Å². The van der Waals surface area contributed by atoms with Crippen LogP contribution < -0.4 is 0 Å². The van der Waals surface area contributed by atoms with E-state index >= 15 is 0 Å². The second kappa shape index (κ2) is 18.9. The van der Waals surface area contributed by atoms with E-state index in [0.717, 1.165) is 12.8 Å². The van der Waals surface area contributed by atoms with Crippen molar-refractivity contribution in [1.82, 2.24) is 0 Å². The standard InChI is InChI=1S/C32H46O3/c1-35-32(34)30(31(33)29-25-19-15-20-26-29)27-21-13-11-9-7-5-3-2-4-6-8-10-12-16-22-28-23-17-14-18-24-28/h14-15,17-20,23-26,30H,2-13,16,21-22,27H2,1H3. The van der Waals surface area contributed by atoms with Gasteiger partial charge in [0, 0.05) is 5.56 Å². The summed E-state index contributed by atoms with van der Waals surface area (Å²) in [5.74, 6) is -1.21. The van der Waals surface area contributed by atoms with E-state index in [0.29, 0.717) is 12.0 Å². The summed E-state index contributed by atoms with van der Waals surface area (Å²) in [7, 11) is 1.36. The number of hydrogen-bond acceptors (Lipinski definition) is 3. The summed E-state index contributed by atoms with van der Waals surface area (Å²) >= 11 is 0. The molecule has 2 aromatic rings. The first-order valence-electron chi connectivity index (χ1n) is 13.9. The van der Waals surface area contributed by atoms with Crippen LogP contribution in [-0.2, 0) is 16.0 Å². The number of unbranched alkanes of at least 4 members (excludes halogenated alkanes) is 13. The molecule has 1 unspecified atom stereocenters. The first-order valence-corrected chi connectivity index (χ1v) is 13.9. The van der Waals surface area contributed by atoms with E-state index in [4.69, 9.17) is 4.74 Å². The summed E-state index contributed by atoms with van der Waals surface area (Å²) in [5.41, 5.74) is 2.06. The molecule has 2 rings (SSSR count). The molecule has 3 heteroatoms. The van der Waals surface area contributed by atoms with Crippen LogP contribution >= 0.6 is 0 Å². The average Bonchev–Trinajstić information content (AvgIpc) is 2.91. The molecule has 0 aliphatic carbocycles. The Morgan fingerprint density at radius 1 is 0.600 bits per heavy atom. The van der Waals surface area contributed by atoms with Crippen LogP contribution in [0.2, 0.25) is 0 Å². The lowest BCUT2D eigenvalue weighted by Gasteiger charge is -2.13. The minimum Gasteiger partial charge on any atom is -0.468 e. The summed E-state index contributed by atoms with van der Waals surface area (Å²) in [5, 5.41) is 0. The number of rotatable bonds is 20. The molecule has 0 N–H and O–H groups in total. The Morgan fingerprint density at radius 2 is 1.03 bits per heavy atom. The summed E-state index contributed by atoms with van der Waals surface area (Å²) in [6, 6.07) is 19.9. The number of hydrogen-bond donors (Lipinski definition) is 0. The molecule has 2 aromatic carbocycles. The molecular weight excluding hydrogens is 432 g/mol. The zero-order chi connectivity index (χ0) is 25.0. The lowest BCUT2D eigenvalue weighted by Crippen LogP contribution is -2.25. The maximum atomic E-state index is 12.7. The van der Waals surface area contributed by atoms with Gasteiger partial charge in [0.25, 0.3) is 0 Å². The SMILES string of the molecule is COC(=O)C(CCCCCCCCCCCCCCCCc1ccccc1)C(=O)c1ccccc1. The third-order valence-electron chi connectivity index (χ3n) is 6.91. The molecule has 35 heavy (non-hydrogen) atoms. The molecule has 1 atom stereocenters. The second-order valence-electron chi connectivity index (χ2n) is 9.78. The molecule has 192 valence electrons. The van der Waals surface area contributed by atoms with Crippen molar-refractivity contribution < 1.29 is 14.3 Å². The summed E-state index contributed by atoms with van der Waals surface area (Å²) in [6.45, 7) is 0. The Labute approximate surface area is 213 Å². The maximum Gasteiger partial charge on any atom is 0.316 e. The second-order valence-corrected chi connectivity index (χ2v) is 9.78. The summed E-state index contributed by atoms with van der Waals surface area (Å²) < 4.78 is 4.89. The van der Waals surface area contributed by atoms with Crippen LogP contribution in [0, 0.1) is 5.92 Å². The number of esters is 1. The fraction of sp³-hybridized carbons (Fsp3) is 0.562. The van der Waals surface area contributed by atoms with E-state index < -0.39 is 11.9 Å². The Kier molecular flexibility index (Phi) is 15.5. The minimum atomic E-state index is -0.675. The number of ether oxygens (including phenoxy) is 1. The van der Waals surface area contributed by atoms with Gasteiger partial charge in [-0.3, -0.25) is 9.59 Å². The largest absolute Gasteiger partial charge is 0.468 e. The molecule has 0 heterocycles. The predicted molar refractivity (Wildman–Crippen MR) is 146 cm³/mol. The van der Waals surface area contributed by atoms with Crippen molar-refractivity contribution in [2.75, 3.05) is 7.11 Å². The van der Waals surface area contributed by atoms with Crippen molar-refractivity contribution in [3.8, 4) is 0 Å². The first-order chi connectivity index (χ1) is 17.2. The first kappa shape index (κ1) is 28.8. The molecule has 0 spiro atoms. The van der Waals surface area contributed by atoms with E-state index in [1.165, 1.54) is 96.1 Å². The van der Waals surface area contributed by atoms with Gasteiger partial charge in [0.2, 0.25) is 0 Å². The highest BCUT2D eigenvalue weighted by molar-refractivity contribution is 6.08. The molecule has 0 aromatic heterocycles. The monoisotopic (exact) mass is 478 g/mol. The summed E-state index contributed by atoms with van der Waals surface area (Å²) in [6.07, 6.45) is 19.7. The molecule has 0 radical (unpaired) electrons. The van der Waals surface area contributed by atoms with Gasteiger partial charge in [0.15, 0.2) is 5.78 Å². The molecule has 0 amide bonds. The topological polar surface area (TPSA) is 43.4 Å². The number of carbonyl (C=O) groups is 2. The average molecular weight is 479 g/mol. The quantitative estimate of drug-likeness (QED) is 0.0826. The molecule has 3 nitrogen and oxygen atoms in total. The summed E-state index contributed by atoms with van der Waals surface area (Å²) in [4.78, 5) is 24.8. The van der Waals surface area contributed by atoms with Gasteiger partial charge in [-0.25, -0.2) is 0 Å². The maximum absolute atomic E-state index is 12.7. The number of carbonyl (C=O) groups excluding carboxylic acids is 2. The Hall–Kier alpha value is -2.42. The van der Waals surface area contributed by atoms with Gasteiger partial charge < -0.3 is 4.74 Å². The van der Waals surface area contributed by atoms with Crippen LogP contribution in [0.5, 0.6) is 0 Å². The van der Waals surface area contributed by atoms with Crippen molar-refractivity contribution >= 4 is 11.8 Å². The lowest BCUT2D eigenvalue weighted by molar-refractivity contribution is -0.143. The Bertz CT molecular complexity index is 800. The molecule has 0 bridgehead atoms. The van der Waals surface area contributed by atoms with Crippen molar-refractivity contribution in [2.45, 2.75) is 103 Å². The van der Waals surface area contributed by atoms with Crippen LogP contribution in [0.25, 0.3) is 0 Å². The Morgan fingerprint density at radius 3 is 1.51 bits per heavy atom. The molecule has 0 saturated carbocycles. The predicted octanol–water partition coefficient (Wildman–Crippen LogP) is 8.75. The number of aryl methyl sites for hydroxylation is 1. The van der Waals surface area contributed by atoms with Gasteiger partial charge >= 0.3 is 5.97 Å². The normalized spacial score (nSPS) is 11.8.